The van der Waals surface area contributed by atoms with E-state index in [9.17, 15) is 25.2 Å². The molecule has 484 valence electrons. The fourth-order valence-electron chi connectivity index (χ4n) is 12.4. The Morgan fingerprint density at radius 3 is 0.741 bits per heavy atom. The molecule has 6 nitrogen and oxygen atoms in total. The van der Waals surface area contributed by atoms with Crippen LogP contribution in [-0.4, -0.2) is 57.3 Å². The average molecular weight is 1150 g/mol. The monoisotopic (exact) mass is 1140 g/mol. The molecule has 0 spiro atoms. The number of aliphatic hydroxyl groups excluding tert-OH is 4. The predicted octanol–water partition coefficient (Wildman–Crippen LogP) is 23.5. The second kappa shape index (κ2) is 69.8. The Labute approximate surface area is 508 Å². The molecule has 0 aliphatic heterocycles. The molecule has 0 aromatic rings. The zero-order valence-corrected chi connectivity index (χ0v) is 55.3. The van der Waals surface area contributed by atoms with Crippen LogP contribution in [0.25, 0.3) is 0 Å². The van der Waals surface area contributed by atoms with Gasteiger partial charge in [0.15, 0.2) is 0 Å². The first-order valence-corrected chi connectivity index (χ1v) is 37.6. The number of allylic oxidation sites excluding steroid dienone is 2. The maximum absolute atomic E-state index is 12.7. The van der Waals surface area contributed by atoms with E-state index in [-0.39, 0.29) is 0 Å². The second-order valence-electron chi connectivity index (χ2n) is 26.4. The van der Waals surface area contributed by atoms with Gasteiger partial charge in [0.05, 0.1) is 18.8 Å². The Morgan fingerprint density at radius 2 is 0.506 bits per heavy atom. The minimum atomic E-state index is -1.28. The minimum absolute atomic E-state index is 0.369. The second-order valence-corrected chi connectivity index (χ2v) is 26.4. The van der Waals surface area contributed by atoms with Crippen LogP contribution in [0, 0.1) is 0 Å². The van der Waals surface area contributed by atoms with E-state index in [0.717, 1.165) is 38.5 Å². The molecule has 0 fully saturated rings. The lowest BCUT2D eigenvalue weighted by Gasteiger charge is -2.27. The van der Waals surface area contributed by atoms with Gasteiger partial charge in [-0.05, 0) is 38.5 Å². The van der Waals surface area contributed by atoms with Crippen LogP contribution in [0.1, 0.15) is 431 Å². The molecule has 81 heavy (non-hydrogen) atoms. The van der Waals surface area contributed by atoms with Gasteiger partial charge in [-0.15, -0.1) is 0 Å². The maximum Gasteiger partial charge on any atom is 0.249 e. The third kappa shape index (κ3) is 63.4. The predicted molar refractivity (Wildman–Crippen MR) is 358 cm³/mol. The number of aliphatic hydroxyl groups is 4. The molecule has 0 aromatic carbocycles. The zero-order valence-electron chi connectivity index (χ0n) is 55.3. The number of hydrogen-bond donors (Lipinski definition) is 5. The molecule has 0 radical (unpaired) electrons. The minimum Gasteiger partial charge on any atom is -0.394 e. The van der Waals surface area contributed by atoms with Crippen LogP contribution in [0.5, 0.6) is 0 Å². The molecule has 0 rings (SSSR count). The van der Waals surface area contributed by atoms with Crippen LogP contribution in [0.3, 0.4) is 0 Å². The Kier molecular flexibility index (Phi) is 69.0. The Bertz CT molecular complexity index is 1200. The number of amides is 1. The molecule has 5 N–H and O–H groups in total. The highest BCUT2D eigenvalue weighted by molar-refractivity contribution is 5.80. The van der Waals surface area contributed by atoms with Crippen molar-refractivity contribution >= 4 is 5.91 Å². The molecule has 6 heteroatoms. The van der Waals surface area contributed by atoms with Crippen molar-refractivity contribution in [2.45, 2.75) is 456 Å². The van der Waals surface area contributed by atoms with Crippen LogP contribution >= 0.6 is 0 Å². The van der Waals surface area contributed by atoms with Gasteiger partial charge >= 0.3 is 0 Å². The van der Waals surface area contributed by atoms with Crippen molar-refractivity contribution in [1.29, 1.82) is 0 Å². The molecule has 4 atom stereocenters. The Morgan fingerprint density at radius 1 is 0.296 bits per heavy atom. The van der Waals surface area contributed by atoms with Crippen LogP contribution in [-0.2, 0) is 4.79 Å². The first-order valence-electron chi connectivity index (χ1n) is 37.6. The summed E-state index contributed by atoms with van der Waals surface area (Å²) < 4.78 is 0. The fourth-order valence-corrected chi connectivity index (χ4v) is 12.4. The molecule has 0 heterocycles. The first-order chi connectivity index (χ1) is 40.0. The van der Waals surface area contributed by atoms with E-state index in [1.165, 1.54) is 366 Å². The van der Waals surface area contributed by atoms with Gasteiger partial charge < -0.3 is 25.7 Å². The average Bonchev–Trinajstić information content (AvgIpc) is 3.47. The summed E-state index contributed by atoms with van der Waals surface area (Å²) in [4.78, 5) is 12.7. The Hall–Kier alpha value is -0.950. The van der Waals surface area contributed by atoms with Crippen LogP contribution in [0.2, 0.25) is 0 Å². The van der Waals surface area contributed by atoms with Crippen molar-refractivity contribution in [3.05, 3.63) is 12.2 Å². The third-order valence-corrected chi connectivity index (χ3v) is 18.2. The van der Waals surface area contributed by atoms with Crippen molar-refractivity contribution in [3.8, 4) is 0 Å². The van der Waals surface area contributed by atoms with Gasteiger partial charge in [-0.2, -0.15) is 0 Å². The molecular formula is C75H149NO5. The molecule has 1 amide bonds. The summed E-state index contributed by atoms with van der Waals surface area (Å²) in [5.41, 5.74) is 0. The highest BCUT2D eigenvalue weighted by atomic mass is 16.3. The summed E-state index contributed by atoms with van der Waals surface area (Å²) >= 11 is 0. The molecule has 0 aromatic heterocycles. The molecular weight excluding hydrogens is 995 g/mol. The normalized spacial score (nSPS) is 13.4. The van der Waals surface area contributed by atoms with Crippen molar-refractivity contribution in [2.75, 3.05) is 6.61 Å². The van der Waals surface area contributed by atoms with E-state index in [1.54, 1.807) is 0 Å². The van der Waals surface area contributed by atoms with Crippen LogP contribution in [0.4, 0.5) is 0 Å². The summed E-state index contributed by atoms with van der Waals surface area (Å²) in [6.07, 6.45) is 88.1. The molecule has 4 unspecified atom stereocenters. The van der Waals surface area contributed by atoms with Crippen molar-refractivity contribution < 1.29 is 25.2 Å². The Balaban J connectivity index is 3.50. The lowest BCUT2D eigenvalue weighted by atomic mass is 10.00. The molecule has 0 bridgehead atoms. The molecule has 0 saturated carbocycles. The van der Waals surface area contributed by atoms with Gasteiger partial charge in [0.1, 0.15) is 12.2 Å². The highest BCUT2D eigenvalue weighted by Gasteiger charge is 2.28. The fraction of sp³-hybridized carbons (Fsp3) is 0.960. The van der Waals surface area contributed by atoms with E-state index < -0.39 is 36.9 Å². The SMILES string of the molecule is CCCCCCCCCCCCCCCCCCCCCCCC/C=C/CCCC(O)C(O)C(CO)NC(=O)C(O)CCCCCCCCCCCCCCCCCCCCCCCCCCCCCCCCCCCCCCCC. The van der Waals surface area contributed by atoms with E-state index in [0.29, 0.717) is 12.8 Å². The smallest absolute Gasteiger partial charge is 0.249 e. The number of carbonyl (C=O) groups is 1. The summed E-state index contributed by atoms with van der Waals surface area (Å²) in [5.74, 6) is -0.583. The first kappa shape index (κ1) is 80.0. The summed E-state index contributed by atoms with van der Waals surface area (Å²) in [6.45, 7) is 4.11. The van der Waals surface area contributed by atoms with E-state index in [4.69, 9.17) is 0 Å². The van der Waals surface area contributed by atoms with Gasteiger partial charge in [-0.1, -0.05) is 405 Å². The van der Waals surface area contributed by atoms with Gasteiger partial charge in [0.25, 0.3) is 0 Å². The van der Waals surface area contributed by atoms with Gasteiger partial charge in [-0.25, -0.2) is 0 Å². The number of unbranched alkanes of at least 4 members (excludes halogenated alkanes) is 60. The van der Waals surface area contributed by atoms with Crippen molar-refractivity contribution in [2.24, 2.45) is 0 Å². The van der Waals surface area contributed by atoms with Gasteiger partial charge in [0.2, 0.25) is 5.91 Å². The quantitative estimate of drug-likeness (QED) is 0.0308. The summed E-state index contributed by atoms with van der Waals surface area (Å²) in [5, 5.41) is 44.2. The number of hydrogen-bond acceptors (Lipinski definition) is 5. The lowest BCUT2D eigenvalue weighted by molar-refractivity contribution is -0.132. The van der Waals surface area contributed by atoms with E-state index in [2.05, 4.69) is 31.3 Å². The largest absolute Gasteiger partial charge is 0.394 e. The lowest BCUT2D eigenvalue weighted by Crippen LogP contribution is -2.53. The summed E-state index contributed by atoms with van der Waals surface area (Å²) in [6, 6.07) is -1.00. The van der Waals surface area contributed by atoms with Gasteiger partial charge in [-0.3, -0.25) is 4.79 Å². The third-order valence-electron chi connectivity index (χ3n) is 18.2. The van der Waals surface area contributed by atoms with Crippen LogP contribution < -0.4 is 5.32 Å². The van der Waals surface area contributed by atoms with Crippen LogP contribution in [0.15, 0.2) is 12.2 Å². The number of rotatable bonds is 71. The molecule has 0 saturated heterocycles. The molecule has 0 aliphatic carbocycles. The molecule has 0 aliphatic rings. The van der Waals surface area contributed by atoms with Crippen molar-refractivity contribution in [1.82, 2.24) is 5.32 Å². The highest BCUT2D eigenvalue weighted by Crippen LogP contribution is 2.20. The number of nitrogens with one attached hydrogen (secondary N) is 1. The number of carbonyl (C=O) groups excluding carboxylic acids is 1. The topological polar surface area (TPSA) is 110 Å². The van der Waals surface area contributed by atoms with Crippen molar-refractivity contribution in [3.63, 3.8) is 0 Å². The van der Waals surface area contributed by atoms with E-state index in [1.807, 2.05) is 0 Å². The zero-order chi connectivity index (χ0) is 58.7. The van der Waals surface area contributed by atoms with Gasteiger partial charge in [0, 0.05) is 0 Å². The maximum atomic E-state index is 12.7. The summed E-state index contributed by atoms with van der Waals surface area (Å²) in [7, 11) is 0. The standard InChI is InChI=1S/C75H149NO5/c1-3-5-7-9-11-13-15-17-19-21-23-25-27-29-31-32-33-34-35-36-37-38-39-40-41-43-45-47-49-51-53-55-57-59-61-63-65-67-69-73(79)75(81)76-71(70-77)74(80)72(78)68-66-64-62-60-58-56-54-52-50-48-46-44-42-30-28-26-24-22-20-18-16-14-12-10-8-6-4-2/h60,62,71-74,77-80H,3-59,61,63-70H2,1-2H3,(H,76,81)/b62-60+. The van der Waals surface area contributed by atoms with E-state index >= 15 is 0 Å².